The van der Waals surface area contributed by atoms with Crippen molar-refractivity contribution in [1.82, 2.24) is 10.3 Å². The number of aromatic amines is 1. The van der Waals surface area contributed by atoms with Gasteiger partial charge in [0, 0.05) is 29.8 Å². The first-order chi connectivity index (χ1) is 19.3. The number of fused-ring (bicyclic) bond motifs is 2. The highest BCUT2D eigenvalue weighted by molar-refractivity contribution is 5.92. The molecule has 2 N–H and O–H groups in total. The van der Waals surface area contributed by atoms with Gasteiger partial charge in [0.1, 0.15) is 22.6 Å². The van der Waals surface area contributed by atoms with Gasteiger partial charge in [0.15, 0.2) is 11.0 Å². The average Bonchev–Trinajstić information content (AvgIpc) is 3.63. The maximum absolute atomic E-state index is 6.56. The summed E-state index contributed by atoms with van der Waals surface area (Å²) in [5.74, 6) is 2.71. The van der Waals surface area contributed by atoms with Crippen molar-refractivity contribution in [3.05, 3.63) is 80.7 Å². The summed E-state index contributed by atoms with van der Waals surface area (Å²) >= 11 is 0. The zero-order chi connectivity index (χ0) is 28.8. The van der Waals surface area contributed by atoms with Crippen LogP contribution in [0.4, 0.5) is 0 Å². The molecule has 0 atom stereocenters. The van der Waals surface area contributed by atoms with Crippen molar-refractivity contribution in [3.8, 4) is 5.75 Å². The van der Waals surface area contributed by atoms with E-state index in [0.717, 1.165) is 85.6 Å². The molecule has 0 radical (unpaired) electrons. The third-order valence-corrected chi connectivity index (χ3v) is 7.14. The first kappa shape index (κ1) is 29.5. The van der Waals surface area contributed by atoms with Crippen molar-refractivity contribution in [2.24, 2.45) is 4.99 Å². The third-order valence-electron chi connectivity index (χ3n) is 7.14. The van der Waals surface area contributed by atoms with Crippen LogP contribution in [0.2, 0.25) is 0 Å². The first-order valence-corrected chi connectivity index (χ1v) is 14.6. The van der Waals surface area contributed by atoms with E-state index in [1.54, 1.807) is 0 Å². The number of hydrogen-bond acceptors (Lipinski definition) is 5. The molecule has 0 unspecified atom stereocenters. The minimum atomic E-state index is 0.262. The van der Waals surface area contributed by atoms with E-state index >= 15 is 0 Å². The lowest BCUT2D eigenvalue weighted by molar-refractivity contribution is 0.174. The molecule has 40 heavy (non-hydrogen) atoms. The summed E-state index contributed by atoms with van der Waals surface area (Å²) in [5, 5.41) is 3.63. The summed E-state index contributed by atoms with van der Waals surface area (Å²) in [5.41, 5.74) is 9.03. The lowest BCUT2D eigenvalue weighted by Gasteiger charge is -2.22. The summed E-state index contributed by atoms with van der Waals surface area (Å²) in [6.07, 6.45) is 9.27. The molecule has 4 aromatic rings. The molecule has 0 bridgehead atoms. The van der Waals surface area contributed by atoms with Gasteiger partial charge in [0.25, 0.3) is 0 Å². The van der Waals surface area contributed by atoms with Gasteiger partial charge in [-0.25, -0.2) is 4.99 Å². The second-order valence-electron chi connectivity index (χ2n) is 10.9. The molecular formula is C34H45N3O3. The first-order valence-electron chi connectivity index (χ1n) is 14.6. The van der Waals surface area contributed by atoms with Gasteiger partial charge in [-0.05, 0) is 83.5 Å². The Bertz CT molecular complexity index is 1500. The van der Waals surface area contributed by atoms with Crippen LogP contribution < -0.4 is 20.8 Å². The lowest BCUT2D eigenvalue weighted by atomic mass is 9.91. The van der Waals surface area contributed by atoms with Crippen LogP contribution >= 0.6 is 0 Å². The van der Waals surface area contributed by atoms with E-state index < -0.39 is 0 Å². The molecule has 1 aromatic carbocycles. The van der Waals surface area contributed by atoms with Gasteiger partial charge in [-0.3, -0.25) is 0 Å². The van der Waals surface area contributed by atoms with Gasteiger partial charge in [0.05, 0.1) is 23.0 Å². The van der Waals surface area contributed by atoms with E-state index in [1.165, 1.54) is 25.7 Å². The number of ether oxygens (including phenoxy) is 1. The minimum absolute atomic E-state index is 0.262. The Morgan fingerprint density at radius 1 is 0.900 bits per heavy atom. The van der Waals surface area contributed by atoms with Crippen molar-refractivity contribution in [2.75, 3.05) is 14.1 Å². The Hall–Kier alpha value is -3.51. The molecule has 3 aromatic heterocycles. The number of unbranched alkanes of at least 4 members (excludes halogenated alkanes) is 2. The fourth-order valence-corrected chi connectivity index (χ4v) is 5.41. The summed E-state index contributed by atoms with van der Waals surface area (Å²) in [6, 6.07) is 10.5. The molecule has 0 spiro atoms. The average molecular weight is 544 g/mol. The molecule has 6 heteroatoms. The van der Waals surface area contributed by atoms with E-state index in [4.69, 9.17) is 18.6 Å². The van der Waals surface area contributed by atoms with Gasteiger partial charge in [-0.15, -0.1) is 0 Å². The highest BCUT2D eigenvalue weighted by Gasteiger charge is 2.22. The Labute approximate surface area is 238 Å². The summed E-state index contributed by atoms with van der Waals surface area (Å²) < 4.78 is 18.4. The lowest BCUT2D eigenvalue weighted by Crippen LogP contribution is -2.17. The summed E-state index contributed by atoms with van der Waals surface area (Å²) in [6.45, 7) is 12.7. The number of hydrogen-bond donors (Lipinski definition) is 2. The topological polar surface area (TPSA) is 75.7 Å². The fraction of sp³-hybridized carbons (Fsp3) is 0.441. The summed E-state index contributed by atoms with van der Waals surface area (Å²) in [4.78, 5) is 8.54. The van der Waals surface area contributed by atoms with E-state index in [0.29, 0.717) is 0 Å². The number of aromatic nitrogens is 1. The van der Waals surface area contributed by atoms with E-state index in [2.05, 4.69) is 56.2 Å². The van der Waals surface area contributed by atoms with Gasteiger partial charge < -0.3 is 23.9 Å². The highest BCUT2D eigenvalue weighted by Crippen LogP contribution is 2.37. The van der Waals surface area contributed by atoms with E-state index in [1.807, 2.05) is 46.2 Å². The van der Waals surface area contributed by atoms with E-state index in [-0.39, 0.29) is 6.10 Å². The number of rotatable bonds is 10. The molecule has 4 heterocycles. The Kier molecular flexibility index (Phi) is 9.75. The number of benzene rings is 1. The van der Waals surface area contributed by atoms with Crippen molar-refractivity contribution >= 4 is 22.7 Å². The summed E-state index contributed by atoms with van der Waals surface area (Å²) in [7, 11) is 3.75. The Morgan fingerprint density at radius 2 is 1.52 bits per heavy atom. The van der Waals surface area contributed by atoms with Crippen molar-refractivity contribution in [3.63, 3.8) is 0 Å². The molecule has 1 aliphatic heterocycles. The van der Waals surface area contributed by atoms with Gasteiger partial charge in [-0.1, -0.05) is 39.5 Å². The van der Waals surface area contributed by atoms with Gasteiger partial charge >= 0.3 is 0 Å². The molecule has 6 nitrogen and oxygen atoms in total. The number of H-pyrrole nitrogens is 1. The van der Waals surface area contributed by atoms with Crippen LogP contribution in [-0.4, -0.2) is 25.2 Å². The van der Waals surface area contributed by atoms with Crippen LogP contribution in [0.25, 0.3) is 22.7 Å². The number of nitrogens with zero attached hydrogens (tertiary/aromatic N) is 1. The molecule has 1 aliphatic rings. The van der Waals surface area contributed by atoms with Crippen LogP contribution in [-0.2, 0) is 0 Å². The van der Waals surface area contributed by atoms with Crippen molar-refractivity contribution in [2.45, 2.75) is 86.2 Å². The second kappa shape index (κ2) is 13.2. The Morgan fingerprint density at radius 3 is 2.10 bits per heavy atom. The maximum Gasteiger partial charge on any atom is 0.154 e. The molecule has 0 fully saturated rings. The van der Waals surface area contributed by atoms with Crippen LogP contribution in [0.5, 0.6) is 5.75 Å². The van der Waals surface area contributed by atoms with Crippen molar-refractivity contribution in [1.29, 1.82) is 0 Å². The fourth-order valence-electron chi connectivity index (χ4n) is 5.41. The SMILES string of the molecule is CCCCC(CCCC)Oc1cc(C)c(/C(=C2\C=c3oc(C)cc3=N2)c2cc3oc(C)cc3[nH]2)c(C)c1.CNC. The number of nitrogens with one attached hydrogen (secondary N) is 2. The molecular weight excluding hydrogens is 498 g/mol. The van der Waals surface area contributed by atoms with Crippen molar-refractivity contribution < 1.29 is 13.6 Å². The second-order valence-corrected chi connectivity index (χ2v) is 10.9. The predicted octanol–water partition coefficient (Wildman–Crippen LogP) is 7.42. The van der Waals surface area contributed by atoms with Gasteiger partial charge in [-0.2, -0.15) is 0 Å². The van der Waals surface area contributed by atoms with Crippen LogP contribution in [0.1, 0.15) is 86.3 Å². The zero-order valence-corrected chi connectivity index (χ0v) is 25.5. The minimum Gasteiger partial charge on any atom is -0.490 e. The molecule has 214 valence electrons. The van der Waals surface area contributed by atoms with Crippen LogP contribution in [0.3, 0.4) is 0 Å². The largest absolute Gasteiger partial charge is 0.490 e. The third kappa shape index (κ3) is 6.61. The Balaban J connectivity index is 0.00000118. The molecule has 5 rings (SSSR count). The number of furan rings is 2. The molecule has 0 aliphatic carbocycles. The van der Waals surface area contributed by atoms with Crippen LogP contribution in [0.15, 0.2) is 49.9 Å². The molecule has 0 saturated heterocycles. The monoisotopic (exact) mass is 543 g/mol. The number of allylic oxidation sites excluding steroid dienone is 1. The zero-order valence-electron chi connectivity index (χ0n) is 25.5. The predicted molar refractivity (Wildman–Crippen MR) is 164 cm³/mol. The quantitative estimate of drug-likeness (QED) is 0.218. The van der Waals surface area contributed by atoms with E-state index in [9.17, 15) is 0 Å². The number of aryl methyl sites for hydroxylation is 4. The highest BCUT2D eigenvalue weighted by atomic mass is 16.5. The smallest absolute Gasteiger partial charge is 0.154 e. The van der Waals surface area contributed by atoms with Gasteiger partial charge in [0.2, 0.25) is 0 Å². The standard InChI is InChI=1S/C32H38N2O3.C2H7N/c1-7-9-11-23(12-10-8-2)37-24-13-19(3)31(20(4)14-24)32(27-17-29-25(33-27)15-21(5)35-29)28-18-30-26(34-28)16-22(6)36-30;1-3-2/h13-18,23,33H,7-12H2,1-6H3;3H,1-2H3/b32-28+;. The van der Waals surface area contributed by atoms with Crippen LogP contribution in [0, 0.1) is 27.7 Å². The normalized spacial score (nSPS) is 13.6. The molecule has 0 amide bonds. The maximum atomic E-state index is 6.56. The molecule has 0 saturated carbocycles.